The van der Waals surface area contributed by atoms with Crippen molar-refractivity contribution >= 4 is 11.7 Å². The molecule has 1 aromatic rings. The maximum absolute atomic E-state index is 13.5. The summed E-state index contributed by atoms with van der Waals surface area (Å²) in [6, 6.07) is 3.10. The molecule has 126 valence electrons. The van der Waals surface area contributed by atoms with E-state index in [1.54, 1.807) is 6.07 Å². The van der Waals surface area contributed by atoms with Gasteiger partial charge in [0.1, 0.15) is 5.82 Å². The summed E-state index contributed by atoms with van der Waals surface area (Å²) in [5, 5.41) is 0. The second kappa shape index (κ2) is 6.74. The Morgan fingerprint density at radius 2 is 1.70 bits per heavy atom. The Labute approximate surface area is 136 Å². The molecule has 2 N–H and O–H groups in total. The number of hydrogen-bond acceptors (Lipinski definition) is 3. The standard InChI is InChI=1S/C17H25FN4O/c1-13-14(10-15(18)11-16(13)19)12-20-6-8-22(9-7-20)17(23)21-4-2-3-5-21/h10-11H,2-9,12,19H2,1H3. The molecule has 1 aromatic carbocycles. The number of piperazine rings is 1. The molecule has 2 amide bonds. The summed E-state index contributed by atoms with van der Waals surface area (Å²) in [7, 11) is 0. The SMILES string of the molecule is Cc1c(N)cc(F)cc1CN1CCN(C(=O)N2CCCC2)CC1. The molecule has 2 saturated heterocycles. The average Bonchev–Trinajstić information content (AvgIpc) is 3.06. The first-order valence-electron chi connectivity index (χ1n) is 8.35. The number of carbonyl (C=O) groups is 1. The van der Waals surface area contributed by atoms with E-state index in [1.165, 1.54) is 6.07 Å². The zero-order valence-electron chi connectivity index (χ0n) is 13.7. The lowest BCUT2D eigenvalue weighted by Gasteiger charge is -2.36. The maximum atomic E-state index is 13.5. The smallest absolute Gasteiger partial charge is 0.320 e. The Kier molecular flexibility index (Phi) is 4.71. The van der Waals surface area contributed by atoms with E-state index >= 15 is 0 Å². The molecule has 0 unspecified atom stereocenters. The number of halogens is 1. The first-order chi connectivity index (χ1) is 11.0. The molecule has 0 bridgehead atoms. The number of benzene rings is 1. The van der Waals surface area contributed by atoms with Crippen LogP contribution in [0.5, 0.6) is 0 Å². The van der Waals surface area contributed by atoms with Gasteiger partial charge >= 0.3 is 6.03 Å². The first-order valence-corrected chi connectivity index (χ1v) is 8.35. The van der Waals surface area contributed by atoms with Crippen molar-refractivity contribution in [1.82, 2.24) is 14.7 Å². The summed E-state index contributed by atoms with van der Waals surface area (Å²) >= 11 is 0. The Morgan fingerprint density at radius 3 is 2.35 bits per heavy atom. The molecule has 23 heavy (non-hydrogen) atoms. The molecule has 2 aliphatic heterocycles. The fraction of sp³-hybridized carbons (Fsp3) is 0.588. The Bertz CT molecular complexity index is 578. The van der Waals surface area contributed by atoms with Gasteiger partial charge in [0, 0.05) is 51.5 Å². The van der Waals surface area contributed by atoms with Crippen LogP contribution in [-0.2, 0) is 6.54 Å². The molecule has 2 aliphatic rings. The number of likely N-dealkylation sites (tertiary alicyclic amines) is 1. The number of anilines is 1. The molecular formula is C17H25FN4O. The molecule has 6 heteroatoms. The maximum Gasteiger partial charge on any atom is 0.320 e. The summed E-state index contributed by atoms with van der Waals surface area (Å²) in [6.45, 7) is 7.49. The van der Waals surface area contributed by atoms with Crippen LogP contribution in [0.3, 0.4) is 0 Å². The van der Waals surface area contributed by atoms with Gasteiger partial charge in [0.05, 0.1) is 0 Å². The molecule has 0 spiro atoms. The summed E-state index contributed by atoms with van der Waals surface area (Å²) in [4.78, 5) is 18.5. The predicted octanol–water partition coefficient (Wildman–Crippen LogP) is 2.05. The molecule has 0 atom stereocenters. The van der Waals surface area contributed by atoms with Gasteiger partial charge in [0.2, 0.25) is 0 Å². The van der Waals surface area contributed by atoms with Crippen molar-refractivity contribution in [3.05, 3.63) is 29.1 Å². The molecule has 0 saturated carbocycles. The number of nitrogen functional groups attached to an aromatic ring is 1. The van der Waals surface area contributed by atoms with Crippen LogP contribution in [0.15, 0.2) is 12.1 Å². The van der Waals surface area contributed by atoms with Crippen LogP contribution in [0, 0.1) is 12.7 Å². The van der Waals surface area contributed by atoms with Crippen LogP contribution in [0.1, 0.15) is 24.0 Å². The van der Waals surface area contributed by atoms with Gasteiger partial charge < -0.3 is 15.5 Å². The van der Waals surface area contributed by atoms with E-state index in [0.29, 0.717) is 12.2 Å². The molecule has 5 nitrogen and oxygen atoms in total. The second-order valence-electron chi connectivity index (χ2n) is 6.52. The number of amides is 2. The van der Waals surface area contributed by atoms with Gasteiger partial charge in [0.15, 0.2) is 0 Å². The van der Waals surface area contributed by atoms with Crippen molar-refractivity contribution < 1.29 is 9.18 Å². The molecular weight excluding hydrogens is 295 g/mol. The van der Waals surface area contributed by atoms with Crippen LogP contribution >= 0.6 is 0 Å². The van der Waals surface area contributed by atoms with Crippen molar-refractivity contribution in [3.63, 3.8) is 0 Å². The lowest BCUT2D eigenvalue weighted by atomic mass is 10.1. The van der Waals surface area contributed by atoms with Gasteiger partial charge in [-0.3, -0.25) is 4.90 Å². The van der Waals surface area contributed by atoms with E-state index in [9.17, 15) is 9.18 Å². The predicted molar refractivity (Wildman–Crippen MR) is 88.6 cm³/mol. The first kappa shape index (κ1) is 16.1. The van der Waals surface area contributed by atoms with Gasteiger partial charge in [-0.1, -0.05) is 0 Å². The summed E-state index contributed by atoms with van der Waals surface area (Å²) in [5.74, 6) is -0.286. The van der Waals surface area contributed by atoms with E-state index < -0.39 is 0 Å². The molecule has 2 fully saturated rings. The average molecular weight is 320 g/mol. The van der Waals surface area contributed by atoms with E-state index in [-0.39, 0.29) is 11.8 Å². The Balaban J connectivity index is 1.56. The number of carbonyl (C=O) groups excluding carboxylic acids is 1. The molecule has 0 aromatic heterocycles. The third kappa shape index (κ3) is 3.58. The molecule has 0 aliphatic carbocycles. The highest BCUT2D eigenvalue weighted by Crippen LogP contribution is 2.21. The van der Waals surface area contributed by atoms with Gasteiger partial charge in [0.25, 0.3) is 0 Å². The minimum absolute atomic E-state index is 0.174. The third-order valence-corrected chi connectivity index (χ3v) is 4.93. The quantitative estimate of drug-likeness (QED) is 0.849. The number of hydrogen-bond donors (Lipinski definition) is 1. The summed E-state index contributed by atoms with van der Waals surface area (Å²) < 4.78 is 13.5. The summed E-state index contributed by atoms with van der Waals surface area (Å²) in [6.07, 6.45) is 2.23. The monoisotopic (exact) mass is 320 g/mol. The Morgan fingerprint density at radius 1 is 1.09 bits per heavy atom. The minimum Gasteiger partial charge on any atom is -0.398 e. The van der Waals surface area contributed by atoms with E-state index in [1.807, 2.05) is 16.7 Å². The third-order valence-electron chi connectivity index (χ3n) is 4.93. The topological polar surface area (TPSA) is 52.8 Å². The van der Waals surface area contributed by atoms with Gasteiger partial charge in [-0.25, -0.2) is 9.18 Å². The number of rotatable bonds is 2. The van der Waals surface area contributed by atoms with E-state index in [4.69, 9.17) is 5.73 Å². The van der Waals surface area contributed by atoms with Crippen molar-refractivity contribution in [2.24, 2.45) is 0 Å². The largest absolute Gasteiger partial charge is 0.398 e. The zero-order chi connectivity index (χ0) is 16.4. The van der Waals surface area contributed by atoms with E-state index in [0.717, 1.165) is 63.2 Å². The van der Waals surface area contributed by atoms with Crippen LogP contribution in [-0.4, -0.2) is 60.0 Å². The lowest BCUT2D eigenvalue weighted by molar-refractivity contribution is 0.115. The number of nitrogens with zero attached hydrogens (tertiary/aromatic N) is 3. The summed E-state index contributed by atoms with van der Waals surface area (Å²) in [5.41, 5.74) is 8.22. The highest BCUT2D eigenvalue weighted by molar-refractivity contribution is 5.74. The van der Waals surface area contributed by atoms with Crippen molar-refractivity contribution in [2.75, 3.05) is 45.0 Å². The fourth-order valence-electron chi connectivity index (χ4n) is 3.37. The van der Waals surface area contributed by atoms with Crippen LogP contribution in [0.25, 0.3) is 0 Å². The van der Waals surface area contributed by atoms with Crippen molar-refractivity contribution in [3.8, 4) is 0 Å². The van der Waals surface area contributed by atoms with Crippen LogP contribution in [0.2, 0.25) is 0 Å². The number of nitrogens with two attached hydrogens (primary N) is 1. The minimum atomic E-state index is -0.286. The van der Waals surface area contributed by atoms with Gasteiger partial charge in [-0.05, 0) is 43.0 Å². The highest BCUT2D eigenvalue weighted by atomic mass is 19.1. The second-order valence-corrected chi connectivity index (χ2v) is 6.52. The fourth-order valence-corrected chi connectivity index (χ4v) is 3.37. The van der Waals surface area contributed by atoms with Crippen LogP contribution in [0.4, 0.5) is 14.9 Å². The number of urea groups is 1. The Hall–Kier alpha value is -1.82. The molecule has 0 radical (unpaired) electrons. The normalized spacial score (nSPS) is 19.4. The van der Waals surface area contributed by atoms with Gasteiger partial charge in [-0.2, -0.15) is 0 Å². The van der Waals surface area contributed by atoms with Crippen molar-refractivity contribution in [1.29, 1.82) is 0 Å². The molecule has 3 rings (SSSR count). The lowest BCUT2D eigenvalue weighted by Crippen LogP contribution is -2.52. The van der Waals surface area contributed by atoms with Crippen molar-refractivity contribution in [2.45, 2.75) is 26.3 Å². The zero-order valence-corrected chi connectivity index (χ0v) is 13.7. The van der Waals surface area contributed by atoms with E-state index in [2.05, 4.69) is 4.90 Å². The van der Waals surface area contributed by atoms with Gasteiger partial charge in [-0.15, -0.1) is 0 Å². The molecule has 2 heterocycles. The highest BCUT2D eigenvalue weighted by Gasteiger charge is 2.27. The van der Waals surface area contributed by atoms with Crippen LogP contribution < -0.4 is 5.73 Å².